The summed E-state index contributed by atoms with van der Waals surface area (Å²) in [5, 5.41) is 3.36. The van der Waals surface area contributed by atoms with Crippen molar-refractivity contribution in [3.63, 3.8) is 0 Å². The molecule has 0 radical (unpaired) electrons. The number of nitrogens with two attached hydrogens (primary N) is 1. The first-order valence-electron chi connectivity index (χ1n) is 5.77. The molecule has 0 aromatic heterocycles. The third-order valence-corrected chi connectivity index (χ3v) is 3.11. The molecule has 2 aromatic carbocycles. The van der Waals surface area contributed by atoms with E-state index in [2.05, 4.69) is 37.4 Å². The Morgan fingerprint density at radius 1 is 0.882 bits per heavy atom. The monoisotopic (exact) mass is 226 g/mol. The summed E-state index contributed by atoms with van der Waals surface area (Å²) in [7, 11) is 0. The van der Waals surface area contributed by atoms with Crippen molar-refractivity contribution in [2.75, 3.05) is 11.1 Å². The molecule has 88 valence electrons. The second-order valence-corrected chi connectivity index (χ2v) is 4.46. The van der Waals surface area contributed by atoms with Crippen LogP contribution in [0.15, 0.2) is 36.4 Å². The van der Waals surface area contributed by atoms with Gasteiger partial charge in [-0.15, -0.1) is 0 Å². The molecule has 3 N–H and O–H groups in total. The second kappa shape index (κ2) is 4.50. The van der Waals surface area contributed by atoms with E-state index in [1.54, 1.807) is 0 Å². The number of nitrogens with one attached hydrogen (secondary N) is 1. The average Bonchev–Trinajstić information content (AvgIpc) is 2.30. The van der Waals surface area contributed by atoms with Gasteiger partial charge in [0.25, 0.3) is 0 Å². The second-order valence-electron chi connectivity index (χ2n) is 4.46. The molecule has 0 aliphatic heterocycles. The van der Waals surface area contributed by atoms with Crippen molar-refractivity contribution in [2.24, 2.45) is 0 Å². The molecular formula is C15H18N2. The van der Waals surface area contributed by atoms with Crippen molar-refractivity contribution >= 4 is 17.1 Å². The number of aryl methyl sites for hydroxylation is 3. The van der Waals surface area contributed by atoms with Crippen molar-refractivity contribution in [2.45, 2.75) is 20.8 Å². The van der Waals surface area contributed by atoms with Crippen LogP contribution >= 0.6 is 0 Å². The van der Waals surface area contributed by atoms with Crippen LogP contribution in [0.1, 0.15) is 16.7 Å². The molecule has 0 aliphatic rings. The minimum absolute atomic E-state index is 0.811. The molecule has 2 heteroatoms. The molecule has 2 nitrogen and oxygen atoms in total. The van der Waals surface area contributed by atoms with E-state index in [9.17, 15) is 0 Å². The summed E-state index contributed by atoms with van der Waals surface area (Å²) in [6, 6.07) is 12.3. The number of hydrogen-bond donors (Lipinski definition) is 2. The minimum atomic E-state index is 0.811. The third-order valence-electron chi connectivity index (χ3n) is 3.11. The van der Waals surface area contributed by atoms with E-state index < -0.39 is 0 Å². The number of rotatable bonds is 2. The zero-order chi connectivity index (χ0) is 12.4. The molecule has 0 bridgehead atoms. The Bertz CT molecular complexity index is 545. The van der Waals surface area contributed by atoms with Crippen molar-refractivity contribution in [3.8, 4) is 0 Å². The summed E-state index contributed by atoms with van der Waals surface area (Å²) in [4.78, 5) is 0. The van der Waals surface area contributed by atoms with Crippen LogP contribution in [0.4, 0.5) is 17.1 Å². The highest BCUT2D eigenvalue weighted by molar-refractivity contribution is 5.75. The lowest BCUT2D eigenvalue weighted by Crippen LogP contribution is -1.98. The van der Waals surface area contributed by atoms with Gasteiger partial charge in [0.15, 0.2) is 0 Å². The van der Waals surface area contributed by atoms with Crippen molar-refractivity contribution in [3.05, 3.63) is 53.1 Å². The fourth-order valence-corrected chi connectivity index (χ4v) is 1.76. The largest absolute Gasteiger partial charge is 0.397 e. The average molecular weight is 226 g/mol. The highest BCUT2D eigenvalue weighted by Crippen LogP contribution is 2.26. The van der Waals surface area contributed by atoms with Gasteiger partial charge in [-0.1, -0.05) is 18.2 Å². The Morgan fingerprint density at radius 3 is 2.35 bits per heavy atom. The highest BCUT2D eigenvalue weighted by atomic mass is 14.9. The lowest BCUT2D eigenvalue weighted by atomic mass is 10.1. The molecule has 0 fully saturated rings. The van der Waals surface area contributed by atoms with Gasteiger partial charge in [-0.25, -0.2) is 0 Å². The van der Waals surface area contributed by atoms with Crippen LogP contribution in [0.5, 0.6) is 0 Å². The summed E-state index contributed by atoms with van der Waals surface area (Å²) in [5.74, 6) is 0. The lowest BCUT2D eigenvalue weighted by Gasteiger charge is -2.12. The summed E-state index contributed by atoms with van der Waals surface area (Å²) in [5.41, 5.74) is 12.6. The van der Waals surface area contributed by atoms with E-state index in [4.69, 9.17) is 5.73 Å². The standard InChI is InChI=1S/C15H18N2/c1-10-7-8-13(9-12(10)3)17-14-6-4-5-11(2)15(14)16/h4-9,17H,16H2,1-3H3. The molecule has 2 aromatic rings. The predicted octanol–water partition coefficient (Wildman–Crippen LogP) is 3.94. The summed E-state index contributed by atoms with van der Waals surface area (Å²) >= 11 is 0. The predicted molar refractivity (Wildman–Crippen MR) is 74.8 cm³/mol. The van der Waals surface area contributed by atoms with Crippen molar-refractivity contribution < 1.29 is 0 Å². The van der Waals surface area contributed by atoms with E-state index in [0.29, 0.717) is 0 Å². The lowest BCUT2D eigenvalue weighted by molar-refractivity contribution is 1.33. The van der Waals surface area contributed by atoms with Crippen LogP contribution < -0.4 is 11.1 Å². The molecule has 0 heterocycles. The molecule has 0 spiro atoms. The molecule has 0 atom stereocenters. The first-order chi connectivity index (χ1) is 8.08. The van der Waals surface area contributed by atoms with Crippen LogP contribution in [0.25, 0.3) is 0 Å². The van der Waals surface area contributed by atoms with Gasteiger partial charge in [-0.3, -0.25) is 0 Å². The third kappa shape index (κ3) is 2.41. The first-order valence-corrected chi connectivity index (χ1v) is 5.77. The van der Waals surface area contributed by atoms with E-state index >= 15 is 0 Å². The Hall–Kier alpha value is -1.96. The van der Waals surface area contributed by atoms with Crippen LogP contribution in [0, 0.1) is 20.8 Å². The van der Waals surface area contributed by atoms with Gasteiger partial charge in [0, 0.05) is 5.69 Å². The van der Waals surface area contributed by atoms with Gasteiger partial charge in [0.1, 0.15) is 0 Å². The Kier molecular flexibility index (Phi) is 3.05. The van der Waals surface area contributed by atoms with E-state index in [-0.39, 0.29) is 0 Å². The molecule has 0 amide bonds. The Morgan fingerprint density at radius 2 is 1.65 bits per heavy atom. The molecular weight excluding hydrogens is 208 g/mol. The number of nitrogen functional groups attached to an aromatic ring is 1. The van der Waals surface area contributed by atoms with Crippen LogP contribution in [0.2, 0.25) is 0 Å². The maximum atomic E-state index is 6.04. The molecule has 0 unspecified atom stereocenters. The van der Waals surface area contributed by atoms with Crippen molar-refractivity contribution in [1.82, 2.24) is 0 Å². The topological polar surface area (TPSA) is 38.0 Å². The molecule has 0 aliphatic carbocycles. The zero-order valence-corrected chi connectivity index (χ0v) is 10.5. The van der Waals surface area contributed by atoms with Crippen LogP contribution in [0.3, 0.4) is 0 Å². The quantitative estimate of drug-likeness (QED) is 0.761. The minimum Gasteiger partial charge on any atom is -0.397 e. The SMILES string of the molecule is Cc1ccc(Nc2cccc(C)c2N)cc1C. The van der Waals surface area contributed by atoms with Gasteiger partial charge in [0.05, 0.1) is 11.4 Å². The Labute approximate surface area is 102 Å². The number of anilines is 3. The van der Waals surface area contributed by atoms with Gasteiger partial charge >= 0.3 is 0 Å². The molecule has 0 saturated carbocycles. The van der Waals surface area contributed by atoms with E-state index in [1.807, 2.05) is 25.1 Å². The Balaban J connectivity index is 2.31. The smallest absolute Gasteiger partial charge is 0.0620 e. The van der Waals surface area contributed by atoms with Gasteiger partial charge < -0.3 is 11.1 Å². The fraction of sp³-hybridized carbons (Fsp3) is 0.200. The van der Waals surface area contributed by atoms with Crippen LogP contribution in [-0.4, -0.2) is 0 Å². The maximum absolute atomic E-state index is 6.04. The summed E-state index contributed by atoms with van der Waals surface area (Å²) < 4.78 is 0. The fourth-order valence-electron chi connectivity index (χ4n) is 1.76. The van der Waals surface area contributed by atoms with Crippen LogP contribution in [-0.2, 0) is 0 Å². The van der Waals surface area contributed by atoms with E-state index in [0.717, 1.165) is 22.6 Å². The number of hydrogen-bond acceptors (Lipinski definition) is 2. The summed E-state index contributed by atoms with van der Waals surface area (Å²) in [6.45, 7) is 6.24. The molecule has 2 rings (SSSR count). The number of benzene rings is 2. The number of para-hydroxylation sites is 1. The van der Waals surface area contributed by atoms with Gasteiger partial charge in [0.2, 0.25) is 0 Å². The zero-order valence-electron chi connectivity index (χ0n) is 10.5. The van der Waals surface area contributed by atoms with Crippen molar-refractivity contribution in [1.29, 1.82) is 0 Å². The van der Waals surface area contributed by atoms with E-state index in [1.165, 1.54) is 11.1 Å². The highest BCUT2D eigenvalue weighted by Gasteiger charge is 2.02. The first kappa shape index (κ1) is 11.5. The van der Waals surface area contributed by atoms with Gasteiger partial charge in [-0.05, 0) is 55.7 Å². The molecule has 17 heavy (non-hydrogen) atoms. The summed E-state index contributed by atoms with van der Waals surface area (Å²) in [6.07, 6.45) is 0. The van der Waals surface area contributed by atoms with Gasteiger partial charge in [-0.2, -0.15) is 0 Å². The maximum Gasteiger partial charge on any atom is 0.0620 e. The normalized spacial score (nSPS) is 10.3. The molecule has 0 saturated heterocycles.